The molecule has 0 heterocycles. The third-order valence-electron chi connectivity index (χ3n) is 0.245. The number of hydrogen-bond acceptors (Lipinski definition) is 3. The highest BCUT2D eigenvalue weighted by Crippen LogP contribution is 1.77. The van der Waals surface area contributed by atoms with Crippen LogP contribution in [0.15, 0.2) is 0 Å². The van der Waals surface area contributed by atoms with Crippen molar-refractivity contribution >= 4 is 5.97 Å². The van der Waals surface area contributed by atoms with Crippen LogP contribution in [0.5, 0.6) is 0 Å². The predicted molar refractivity (Wildman–Crippen MR) is 20.0 cm³/mol. The third-order valence-corrected chi connectivity index (χ3v) is 0.245. The van der Waals surface area contributed by atoms with Crippen LogP contribution in [0, 0.1) is 6.61 Å². The van der Waals surface area contributed by atoms with Crippen molar-refractivity contribution in [3.05, 3.63) is 6.61 Å². The summed E-state index contributed by atoms with van der Waals surface area (Å²) >= 11 is 0. The first-order valence-electron chi connectivity index (χ1n) is 1.53. The Labute approximate surface area is 40.6 Å². The molecule has 0 aromatic carbocycles. The second kappa shape index (κ2) is 3.58. The molecule has 0 unspecified atom stereocenters. The largest absolute Gasteiger partial charge is 0.479 e. The first-order valence-corrected chi connectivity index (χ1v) is 1.53. The van der Waals surface area contributed by atoms with E-state index in [1.807, 2.05) is 0 Å². The SMILES string of the molecule is COO[CH]C(=O)O. The van der Waals surface area contributed by atoms with Crippen LogP contribution >= 0.6 is 0 Å². The van der Waals surface area contributed by atoms with Gasteiger partial charge in [-0.1, -0.05) is 0 Å². The van der Waals surface area contributed by atoms with Crippen molar-refractivity contribution in [2.45, 2.75) is 0 Å². The lowest BCUT2D eigenvalue weighted by Crippen LogP contribution is -1.98. The molecule has 0 saturated heterocycles. The van der Waals surface area contributed by atoms with Gasteiger partial charge < -0.3 is 5.11 Å². The molecule has 4 heteroatoms. The van der Waals surface area contributed by atoms with E-state index in [4.69, 9.17) is 5.11 Å². The fourth-order valence-electron chi connectivity index (χ4n) is 0.0893. The number of hydrogen-bond donors (Lipinski definition) is 1. The Morgan fingerprint density at radius 1 is 1.86 bits per heavy atom. The van der Waals surface area contributed by atoms with Crippen LogP contribution in [0.3, 0.4) is 0 Å². The maximum absolute atomic E-state index is 9.50. The van der Waals surface area contributed by atoms with Gasteiger partial charge in [0.1, 0.15) is 0 Å². The normalized spacial score (nSPS) is 8.71. The second-order valence-corrected chi connectivity index (χ2v) is 0.719. The summed E-state index contributed by atoms with van der Waals surface area (Å²) in [5, 5.41) is 7.78. The van der Waals surface area contributed by atoms with E-state index in [9.17, 15) is 4.79 Å². The van der Waals surface area contributed by atoms with Gasteiger partial charge in [0.2, 0.25) is 6.61 Å². The van der Waals surface area contributed by atoms with E-state index in [1.54, 1.807) is 0 Å². The average molecular weight is 105 g/mol. The average Bonchev–Trinajstić information content (AvgIpc) is 1.61. The molecule has 7 heavy (non-hydrogen) atoms. The van der Waals surface area contributed by atoms with Gasteiger partial charge in [-0.3, -0.25) is 0 Å². The highest BCUT2D eigenvalue weighted by atomic mass is 17.2. The van der Waals surface area contributed by atoms with Crippen LogP contribution in [-0.4, -0.2) is 18.2 Å². The Hall–Kier alpha value is -0.610. The molecular weight excluding hydrogens is 100 g/mol. The minimum atomic E-state index is -1.16. The highest BCUT2D eigenvalue weighted by molar-refractivity contribution is 5.74. The van der Waals surface area contributed by atoms with E-state index < -0.39 is 5.97 Å². The lowest BCUT2D eigenvalue weighted by molar-refractivity contribution is -0.245. The molecule has 1 N–H and O–H groups in total. The van der Waals surface area contributed by atoms with E-state index >= 15 is 0 Å². The molecule has 0 rings (SSSR count). The Balaban J connectivity index is 2.82. The van der Waals surface area contributed by atoms with Crippen LogP contribution in [0.2, 0.25) is 0 Å². The van der Waals surface area contributed by atoms with Gasteiger partial charge in [0.15, 0.2) is 0 Å². The first kappa shape index (κ1) is 6.39. The molecule has 0 bridgehead atoms. The molecule has 1 radical (unpaired) electrons. The maximum Gasteiger partial charge on any atom is 0.339 e. The van der Waals surface area contributed by atoms with Gasteiger partial charge in [0.25, 0.3) is 0 Å². The van der Waals surface area contributed by atoms with Gasteiger partial charge in [-0.2, -0.15) is 0 Å². The predicted octanol–water partition coefficient (Wildman–Crippen LogP) is -0.189. The van der Waals surface area contributed by atoms with Crippen molar-refractivity contribution in [3.8, 4) is 0 Å². The minimum absolute atomic E-state index is 0.542. The van der Waals surface area contributed by atoms with Crippen molar-refractivity contribution in [3.63, 3.8) is 0 Å². The van der Waals surface area contributed by atoms with E-state index in [0.717, 1.165) is 0 Å². The number of carboxylic acids is 1. The van der Waals surface area contributed by atoms with Crippen LogP contribution in [0.25, 0.3) is 0 Å². The van der Waals surface area contributed by atoms with Gasteiger partial charge in [0.05, 0.1) is 7.11 Å². The zero-order chi connectivity index (χ0) is 5.70. The molecule has 0 amide bonds. The number of carboxylic acid groups (broad SMARTS) is 1. The van der Waals surface area contributed by atoms with Crippen molar-refractivity contribution in [1.29, 1.82) is 0 Å². The van der Waals surface area contributed by atoms with Gasteiger partial charge in [-0.15, -0.1) is 0 Å². The smallest absolute Gasteiger partial charge is 0.339 e. The fraction of sp³-hybridized carbons (Fsp3) is 0.333. The zero-order valence-corrected chi connectivity index (χ0v) is 3.75. The Morgan fingerprint density at radius 2 is 2.43 bits per heavy atom. The Kier molecular flexibility index (Phi) is 3.26. The quantitative estimate of drug-likeness (QED) is 0.399. The third kappa shape index (κ3) is 5.39. The summed E-state index contributed by atoms with van der Waals surface area (Å²) in [7, 11) is 1.22. The van der Waals surface area contributed by atoms with Crippen LogP contribution in [0.1, 0.15) is 0 Å². The molecule has 0 aromatic rings. The van der Waals surface area contributed by atoms with Gasteiger partial charge in [-0.05, 0) is 0 Å². The van der Waals surface area contributed by atoms with Crippen molar-refractivity contribution < 1.29 is 19.7 Å². The van der Waals surface area contributed by atoms with E-state index in [2.05, 4.69) is 9.78 Å². The molecule has 41 valence electrons. The molecule has 0 atom stereocenters. The zero-order valence-electron chi connectivity index (χ0n) is 3.75. The molecule has 0 fully saturated rings. The summed E-state index contributed by atoms with van der Waals surface area (Å²) in [4.78, 5) is 17.3. The van der Waals surface area contributed by atoms with E-state index in [1.165, 1.54) is 7.11 Å². The molecule has 0 aliphatic heterocycles. The number of rotatable bonds is 3. The van der Waals surface area contributed by atoms with E-state index in [-0.39, 0.29) is 0 Å². The molecule has 0 aromatic heterocycles. The lowest BCUT2D eigenvalue weighted by Gasteiger charge is -1.88. The maximum atomic E-state index is 9.50. The highest BCUT2D eigenvalue weighted by Gasteiger charge is 1.94. The van der Waals surface area contributed by atoms with Gasteiger partial charge in [0, 0.05) is 0 Å². The summed E-state index contributed by atoms with van der Waals surface area (Å²) < 4.78 is 0. The second-order valence-electron chi connectivity index (χ2n) is 0.719. The topological polar surface area (TPSA) is 55.8 Å². The van der Waals surface area contributed by atoms with Gasteiger partial charge in [-0.25, -0.2) is 14.6 Å². The number of carbonyl (C=O) groups is 1. The summed E-state index contributed by atoms with van der Waals surface area (Å²) in [6.07, 6.45) is 0. The standard InChI is InChI=1S/C3H5O4/c1-6-7-2-3(4)5/h2H,1H3,(H,4,5). The molecule has 0 aliphatic rings. The van der Waals surface area contributed by atoms with Crippen LogP contribution in [0.4, 0.5) is 0 Å². The van der Waals surface area contributed by atoms with Crippen molar-refractivity contribution in [1.82, 2.24) is 0 Å². The summed E-state index contributed by atoms with van der Waals surface area (Å²) in [6, 6.07) is 0. The first-order chi connectivity index (χ1) is 3.27. The fourth-order valence-corrected chi connectivity index (χ4v) is 0.0893. The molecule has 0 aliphatic carbocycles. The molecular formula is C3H5O4. The monoisotopic (exact) mass is 105 g/mol. The minimum Gasteiger partial charge on any atom is -0.479 e. The summed E-state index contributed by atoms with van der Waals surface area (Å²) in [5.74, 6) is -1.16. The lowest BCUT2D eigenvalue weighted by atomic mass is 10.8. The summed E-state index contributed by atoms with van der Waals surface area (Å²) in [5.41, 5.74) is 0. The van der Waals surface area contributed by atoms with Crippen molar-refractivity contribution in [2.75, 3.05) is 7.11 Å². The van der Waals surface area contributed by atoms with Crippen LogP contribution in [-0.2, 0) is 14.6 Å². The molecule has 0 spiro atoms. The molecule has 4 nitrogen and oxygen atoms in total. The van der Waals surface area contributed by atoms with Crippen LogP contribution < -0.4 is 0 Å². The Morgan fingerprint density at radius 3 is 2.57 bits per heavy atom. The van der Waals surface area contributed by atoms with Crippen molar-refractivity contribution in [2.24, 2.45) is 0 Å². The van der Waals surface area contributed by atoms with E-state index in [0.29, 0.717) is 6.61 Å². The summed E-state index contributed by atoms with van der Waals surface area (Å²) in [6.45, 7) is 0.542. The number of aliphatic carboxylic acids is 1. The molecule has 0 saturated carbocycles. The Bertz CT molecular complexity index is 60.0. The van der Waals surface area contributed by atoms with Gasteiger partial charge >= 0.3 is 5.97 Å².